The second-order valence-corrected chi connectivity index (χ2v) is 47.6. The summed E-state index contributed by atoms with van der Waals surface area (Å²) < 4.78 is 296. The summed E-state index contributed by atoms with van der Waals surface area (Å²) in [6, 6.07) is 15.7. The highest BCUT2D eigenvalue weighted by molar-refractivity contribution is 7.91. The van der Waals surface area contributed by atoms with Crippen LogP contribution in [-0.2, 0) is 79.0 Å². The van der Waals surface area contributed by atoms with Crippen molar-refractivity contribution < 1.29 is 138 Å². The van der Waals surface area contributed by atoms with Gasteiger partial charge in [0.2, 0.25) is 5.89 Å². The molecule has 9 heterocycles. The molecule has 4 aromatic carbocycles. The minimum Gasteiger partial charge on any atom is -0.486 e. The molecule has 12 aliphatic rings. The number of sulfone groups is 4. The summed E-state index contributed by atoms with van der Waals surface area (Å²) in [7, 11) is -14.5. The van der Waals surface area contributed by atoms with Crippen molar-refractivity contribution >= 4 is 63.0 Å². The number of benzene rings is 4. The normalized spacial score (nSPS) is 25.3. The third kappa shape index (κ3) is 19.5. The van der Waals surface area contributed by atoms with Gasteiger partial charge in [0.25, 0.3) is 41.4 Å². The molecule has 46 heteroatoms. The average Bonchev–Trinajstić information content (AvgIpc) is 1.35. The van der Waals surface area contributed by atoms with E-state index in [4.69, 9.17) is 32.9 Å². The maximum absolute atomic E-state index is 13.8. The summed E-state index contributed by atoms with van der Waals surface area (Å²) in [6.07, 6.45) is 1.17. The highest BCUT2D eigenvalue weighted by Crippen LogP contribution is 2.65. The minimum absolute atomic E-state index is 0. The maximum Gasteiger partial charge on any atom is 0.471 e. The van der Waals surface area contributed by atoms with Crippen LogP contribution >= 0.6 is 0 Å². The molecule has 137 heavy (non-hydrogen) atoms. The molecule has 11 unspecified atom stereocenters. The quantitative estimate of drug-likeness (QED) is 0.0507. The van der Waals surface area contributed by atoms with Gasteiger partial charge in [0.05, 0.1) is 63.8 Å². The highest BCUT2D eigenvalue weighted by Gasteiger charge is 2.71. The van der Waals surface area contributed by atoms with Crippen LogP contribution in [0.3, 0.4) is 0 Å². The first kappa shape index (κ1) is 99.5. The molecule has 4 saturated heterocycles. The smallest absolute Gasteiger partial charge is 0.471 e. The third-order valence-electron chi connectivity index (χ3n) is 28.2. The number of ether oxygens (including phenoxy) is 4. The van der Waals surface area contributed by atoms with Crippen LogP contribution in [0.1, 0.15) is 232 Å². The van der Waals surface area contributed by atoms with Gasteiger partial charge in [-0.15, -0.1) is 0 Å². The van der Waals surface area contributed by atoms with Crippen molar-refractivity contribution in [2.75, 3.05) is 77.4 Å². The minimum atomic E-state index is -4.74. The fourth-order valence-corrected chi connectivity index (χ4v) is 21.4. The van der Waals surface area contributed by atoms with E-state index in [2.05, 4.69) is 34.8 Å². The molecule has 4 aromatic heterocycles. The highest BCUT2D eigenvalue weighted by atomic mass is 32.2. The number of oxazole rings is 1. The number of hydrogen-bond donors (Lipinski definition) is 0. The lowest BCUT2D eigenvalue weighted by Crippen LogP contribution is -2.35. The molecule has 0 radical (unpaired) electrons. The zero-order chi connectivity index (χ0) is 98.7. The van der Waals surface area contributed by atoms with E-state index in [1.807, 2.05) is 19.9 Å². The van der Waals surface area contributed by atoms with Gasteiger partial charge < -0.3 is 52.0 Å². The number of alkyl halides is 12. The van der Waals surface area contributed by atoms with Crippen LogP contribution < -0.4 is 18.9 Å². The number of aromatic nitrogens is 7. The van der Waals surface area contributed by atoms with E-state index in [9.17, 15) is 106 Å². The molecule has 0 spiro atoms. The molecule has 4 amide bonds. The van der Waals surface area contributed by atoms with E-state index in [-0.39, 0.29) is 145 Å². The van der Waals surface area contributed by atoms with Crippen molar-refractivity contribution in [3.05, 3.63) is 160 Å². The van der Waals surface area contributed by atoms with Crippen molar-refractivity contribution in [1.82, 2.24) is 54.8 Å². The molecule has 742 valence electrons. The van der Waals surface area contributed by atoms with E-state index >= 15 is 0 Å². The molecular weight excluding hydrogens is 1910 g/mol. The number of halogens is 12. The van der Waals surface area contributed by atoms with Crippen molar-refractivity contribution in [2.45, 2.75) is 246 Å². The summed E-state index contributed by atoms with van der Waals surface area (Å²) in [5.74, 6) is -10.7. The summed E-state index contributed by atoms with van der Waals surface area (Å²) in [4.78, 5) is 81.3. The number of rotatable bonds is 24. The lowest BCUT2D eigenvalue weighted by atomic mass is 10.00. The molecule has 0 N–H and O–H groups in total. The summed E-state index contributed by atoms with van der Waals surface area (Å²) >= 11 is 0. The van der Waals surface area contributed by atoms with E-state index in [0.717, 1.165) is 120 Å². The Kier molecular flexibility index (Phi) is 24.4. The Bertz CT molecular complexity index is 6670. The third-order valence-corrected chi connectivity index (χ3v) is 32.6. The number of nitrogens with zero attached hydrogens (tertiary/aromatic N) is 11. The van der Waals surface area contributed by atoms with Crippen molar-refractivity contribution in [3.8, 4) is 23.0 Å². The SMILES string of the molecule is C.CC(Oc1ccc(S(C)(=O)=O)cc1C(=O)N1CC2CC2(c2coc(C3CC3)n2)C1)C(C)(F)F.CC(Oc1ccc(S(C)(=O)=O)cc1C(=O)N1CC2CC2(c2nccc(C3CC3)n2)C1)C(C)(F)F.CC(Oc1ccc(S(C)(=O)=O)cc1C(=O)N1CC2CC2(c2noc(C3(C(F)(F)F)CC3)n2)C1)C(C)(F)F.CC1(C)Cc2cc(S(C)(=O)=O)cc(C(=O)N3CC4CC4(c4noc(C(F)(F)F)n4)C3)c2O1. The molecule has 7 saturated carbocycles. The van der Waals surface area contributed by atoms with Gasteiger partial charge in [0.1, 0.15) is 46.1 Å². The Balaban J connectivity index is 0.000000132. The van der Waals surface area contributed by atoms with Gasteiger partial charge >= 0.3 is 18.2 Å². The van der Waals surface area contributed by atoms with Crippen molar-refractivity contribution in [1.29, 1.82) is 0 Å². The lowest BCUT2D eigenvalue weighted by Gasteiger charge is -2.25. The first-order valence-electron chi connectivity index (χ1n) is 44.0. The Morgan fingerprint density at radius 1 is 0.467 bits per heavy atom. The molecule has 5 aliphatic heterocycles. The monoisotopic (exact) mass is 2010 g/mol. The fraction of sp³-hybridized carbons (Fsp3) is 0.571. The topological polar surface area (TPSA) is 384 Å². The Morgan fingerprint density at radius 3 is 1.23 bits per heavy atom. The van der Waals surface area contributed by atoms with E-state index in [1.165, 1.54) is 78.2 Å². The van der Waals surface area contributed by atoms with Gasteiger partial charge in [0.15, 0.2) is 75.2 Å². The number of fused-ring (bicyclic) bond motifs is 5. The van der Waals surface area contributed by atoms with Crippen molar-refractivity contribution in [2.24, 2.45) is 23.7 Å². The zero-order valence-corrected chi connectivity index (χ0v) is 78.8. The molecule has 30 nitrogen and oxygen atoms in total. The molecule has 20 rings (SSSR count). The van der Waals surface area contributed by atoms with Crippen LogP contribution in [-0.4, -0.2) is 237 Å². The maximum atomic E-state index is 13.8. The van der Waals surface area contributed by atoms with Crippen LogP contribution in [0, 0.1) is 23.7 Å². The van der Waals surface area contributed by atoms with E-state index in [0.29, 0.717) is 82.1 Å². The van der Waals surface area contributed by atoms with E-state index < -0.39 is 145 Å². The summed E-state index contributed by atoms with van der Waals surface area (Å²) in [6.45, 7) is 11.8. The van der Waals surface area contributed by atoms with Gasteiger partial charge in [-0.25, -0.2) is 75.0 Å². The van der Waals surface area contributed by atoms with Crippen LogP contribution in [0.15, 0.2) is 118 Å². The molecule has 0 bridgehead atoms. The molecular formula is C91H101F12N11O19S4. The predicted molar refractivity (Wildman–Crippen MR) is 461 cm³/mol. The Labute approximate surface area is 781 Å². The van der Waals surface area contributed by atoms with E-state index in [1.54, 1.807) is 22.3 Å². The van der Waals surface area contributed by atoms with Gasteiger partial charge in [-0.05, 0) is 195 Å². The van der Waals surface area contributed by atoms with Crippen LogP contribution in [0.5, 0.6) is 23.0 Å². The van der Waals surface area contributed by atoms with Crippen LogP contribution in [0.4, 0.5) is 52.7 Å². The molecule has 11 atom stereocenters. The predicted octanol–water partition coefficient (Wildman–Crippen LogP) is 14.5. The largest absolute Gasteiger partial charge is 0.486 e. The van der Waals surface area contributed by atoms with Gasteiger partial charge in [-0.1, -0.05) is 17.7 Å². The number of carbonyl (C=O) groups excluding carboxylic acids is 4. The first-order chi connectivity index (χ1) is 62.9. The number of amides is 4. The molecule has 8 aromatic rings. The first-order valence-corrected chi connectivity index (χ1v) is 51.5. The lowest BCUT2D eigenvalue weighted by molar-refractivity contribution is -0.166. The molecule has 7 aliphatic carbocycles. The Morgan fingerprint density at radius 2 is 0.847 bits per heavy atom. The van der Waals surface area contributed by atoms with Crippen LogP contribution in [0.25, 0.3) is 0 Å². The van der Waals surface area contributed by atoms with Gasteiger partial charge in [-0.2, -0.15) is 36.3 Å². The fourth-order valence-electron chi connectivity index (χ4n) is 18.8. The number of carbonyl (C=O) groups is 4. The molecule has 11 fully saturated rings. The number of piperidine rings is 4. The Hall–Kier alpha value is -10.5. The summed E-state index contributed by atoms with van der Waals surface area (Å²) in [5.41, 5.74) is -2.46. The summed E-state index contributed by atoms with van der Waals surface area (Å²) in [5, 5.41) is 7.34. The van der Waals surface area contributed by atoms with Crippen LogP contribution in [0.2, 0.25) is 0 Å². The second-order valence-electron chi connectivity index (χ2n) is 39.5. The average molecular weight is 2010 g/mol. The number of likely N-dealkylation sites (tertiary alicyclic amines) is 4. The number of hydrogen-bond acceptors (Lipinski definition) is 26. The van der Waals surface area contributed by atoms with Gasteiger partial charge in [0, 0.05) is 139 Å². The standard InChI is InChI=1S/C24H27F2N3O4S.C23H24F5N3O5S.C23H26F2N2O5S.C20H20F3N3O5S.CH4/c1-14(23(2,25)26)33-20-7-6-17(34(3,31)32)10-18(20)21(30)29-12-16-11-24(16,13-29)22-27-9-8-19(28-22)15-4-5-15;1-12(20(2,24)25)35-16-5-4-14(37(3,33)34)8-15(16)17(32)31-10-13-9-21(13,11-31)18-29-19(36-30-18)22(6-7-22)23(26,27)28;1-13(22(2,24)25)32-18-7-6-16(33(3,29)30)8-17(18)21(28)27-10-15-9-23(15,12-27)19-11-31-20(26-19)14-4-5-14;1-18(2)6-10-4-12(32(3,28)29)5-13(14(10)30-18)15(27)26-8-11-7-19(11,9-26)16-24-17(31-25-16)20(21,22)23;/h6-10,14-16H,4-5,11-13H2,1-3H3;4-5,8,12-13H,6-7,9-11H2,1-3H3;6-8,11,13-15H,4-5,9-10,12H2,1-3H3;4-5,11H,6-9H2,1-3H3;1H4. The van der Waals surface area contributed by atoms with Crippen molar-refractivity contribution in [3.63, 3.8) is 0 Å². The van der Waals surface area contributed by atoms with Gasteiger partial charge in [-0.3, -0.25) is 19.2 Å². The second kappa shape index (κ2) is 33.6. The zero-order valence-electron chi connectivity index (χ0n) is 75.6.